The van der Waals surface area contributed by atoms with Gasteiger partial charge in [0.1, 0.15) is 0 Å². The van der Waals surface area contributed by atoms with Crippen molar-refractivity contribution < 1.29 is 14.3 Å². The Hall–Kier alpha value is -2.45. The van der Waals surface area contributed by atoms with Crippen molar-refractivity contribution in [2.45, 2.75) is 50.4 Å². The highest BCUT2D eigenvalue weighted by Gasteiger charge is 2.41. The minimum atomic E-state index is -0.201. The van der Waals surface area contributed by atoms with Gasteiger partial charge >= 0.3 is 5.97 Å². The molecule has 2 aliphatic heterocycles. The largest absolute Gasteiger partial charge is 0.469 e. The predicted molar refractivity (Wildman–Crippen MR) is 117 cm³/mol. The molecule has 160 valence electrons. The maximum absolute atomic E-state index is 11.6. The minimum Gasteiger partial charge on any atom is -0.469 e. The number of carbonyl (C=O) groups is 1. The van der Waals surface area contributed by atoms with E-state index in [1.54, 1.807) is 0 Å². The minimum absolute atomic E-state index is 0.0125. The van der Waals surface area contributed by atoms with E-state index in [2.05, 4.69) is 38.1 Å². The average Bonchev–Trinajstić information content (AvgIpc) is 3.50. The molecule has 2 saturated heterocycles. The van der Waals surface area contributed by atoms with Crippen LogP contribution in [-0.4, -0.2) is 51.9 Å². The lowest BCUT2D eigenvalue weighted by atomic mass is 10.0. The highest BCUT2D eigenvalue weighted by Crippen LogP contribution is 2.39. The van der Waals surface area contributed by atoms with Gasteiger partial charge in [0.05, 0.1) is 31.0 Å². The number of hydrogen-bond acceptors (Lipinski definition) is 5. The first-order chi connectivity index (χ1) is 14.7. The first kappa shape index (κ1) is 20.8. The zero-order chi connectivity index (χ0) is 20.9. The number of thiocarbonyl (C=S) groups is 1. The molecule has 0 bridgehead atoms. The van der Waals surface area contributed by atoms with Gasteiger partial charge in [0.2, 0.25) is 0 Å². The van der Waals surface area contributed by atoms with Gasteiger partial charge in [-0.25, -0.2) is 0 Å². The van der Waals surface area contributed by atoms with Gasteiger partial charge in [-0.05, 0) is 55.7 Å². The molecule has 4 rings (SSSR count). The number of esters is 1. The summed E-state index contributed by atoms with van der Waals surface area (Å²) >= 11 is 5.70. The number of nitrogens with zero attached hydrogens (tertiary/aromatic N) is 3. The Bertz CT molecular complexity index is 866. The maximum Gasteiger partial charge on any atom is 0.305 e. The van der Waals surface area contributed by atoms with E-state index >= 15 is 0 Å². The van der Waals surface area contributed by atoms with Crippen LogP contribution >= 0.6 is 12.2 Å². The van der Waals surface area contributed by atoms with E-state index in [0.29, 0.717) is 24.5 Å². The van der Waals surface area contributed by atoms with Crippen molar-refractivity contribution in [3.8, 4) is 0 Å². The number of nitrogens with one attached hydrogen (secondary N) is 1. The van der Waals surface area contributed by atoms with Crippen LogP contribution in [0.2, 0.25) is 0 Å². The number of pyridine rings is 1. The van der Waals surface area contributed by atoms with E-state index in [0.717, 1.165) is 31.7 Å². The normalized spacial score (nSPS) is 23.6. The maximum atomic E-state index is 11.6. The molecule has 0 radical (unpaired) electrons. The molecule has 2 fully saturated rings. The summed E-state index contributed by atoms with van der Waals surface area (Å²) < 4.78 is 12.9. The molecule has 1 N–H and O–H groups in total. The molecule has 0 spiro atoms. The molecule has 3 atom stereocenters. The van der Waals surface area contributed by atoms with Crippen LogP contribution in [0.5, 0.6) is 0 Å². The van der Waals surface area contributed by atoms with Gasteiger partial charge in [0, 0.05) is 44.2 Å². The Morgan fingerprint density at radius 1 is 1.37 bits per heavy atom. The molecular weight excluding hydrogens is 400 g/mol. The van der Waals surface area contributed by atoms with E-state index in [1.165, 1.54) is 12.8 Å². The third-order valence-corrected chi connectivity index (χ3v) is 6.15. The molecular formula is C22H28N4O3S. The summed E-state index contributed by atoms with van der Waals surface area (Å²) in [5, 5.41) is 4.15. The Labute approximate surface area is 182 Å². The van der Waals surface area contributed by atoms with Gasteiger partial charge < -0.3 is 24.3 Å². The van der Waals surface area contributed by atoms with E-state index < -0.39 is 0 Å². The SMILES string of the molecule is COC(=O)CCCN1C(=S)N[C@H](c2ccccn2)[C@@H]1c1cccn1C[C@H]1CCCO1. The quantitative estimate of drug-likeness (QED) is 0.512. The Morgan fingerprint density at radius 3 is 3.00 bits per heavy atom. The molecule has 0 unspecified atom stereocenters. The van der Waals surface area contributed by atoms with Crippen LogP contribution in [0.1, 0.15) is 49.2 Å². The first-order valence-electron chi connectivity index (χ1n) is 10.5. The van der Waals surface area contributed by atoms with Crippen molar-refractivity contribution in [2.24, 2.45) is 0 Å². The van der Waals surface area contributed by atoms with Crippen LogP contribution in [0.15, 0.2) is 42.7 Å². The molecule has 2 aliphatic rings. The average molecular weight is 429 g/mol. The van der Waals surface area contributed by atoms with Crippen LogP contribution in [0, 0.1) is 0 Å². The first-order valence-corrected chi connectivity index (χ1v) is 10.9. The summed E-state index contributed by atoms with van der Waals surface area (Å²) in [7, 11) is 1.42. The van der Waals surface area contributed by atoms with Gasteiger partial charge in [-0.2, -0.15) is 0 Å². The fraction of sp³-hybridized carbons (Fsp3) is 0.500. The van der Waals surface area contributed by atoms with Gasteiger partial charge in [-0.1, -0.05) is 6.07 Å². The summed E-state index contributed by atoms with van der Waals surface area (Å²) in [6.45, 7) is 2.34. The standard InChI is InChI=1S/C22H28N4O3S/c1-28-19(27)10-5-13-26-21(20(24-22(26)30)17-8-2-3-11-23-17)18-9-4-12-25(18)15-16-7-6-14-29-16/h2-4,8-9,11-12,16,20-21H,5-7,10,13-15H2,1H3,(H,24,30)/t16-,20-,21+/m1/s1. The predicted octanol–water partition coefficient (Wildman–Crippen LogP) is 2.99. The molecule has 0 aliphatic carbocycles. The Morgan fingerprint density at radius 2 is 2.27 bits per heavy atom. The van der Waals surface area contributed by atoms with Crippen molar-refractivity contribution in [2.75, 3.05) is 20.3 Å². The zero-order valence-corrected chi connectivity index (χ0v) is 18.0. The molecule has 0 amide bonds. The van der Waals surface area contributed by atoms with Crippen LogP contribution in [0.4, 0.5) is 0 Å². The number of hydrogen-bond donors (Lipinski definition) is 1. The number of carbonyl (C=O) groups excluding carboxylic acids is 1. The Kier molecular flexibility index (Phi) is 6.64. The fourth-order valence-corrected chi connectivity index (χ4v) is 4.67. The molecule has 7 nitrogen and oxygen atoms in total. The van der Waals surface area contributed by atoms with Crippen molar-refractivity contribution in [1.82, 2.24) is 19.8 Å². The van der Waals surface area contributed by atoms with E-state index in [4.69, 9.17) is 21.7 Å². The second-order valence-electron chi connectivity index (χ2n) is 7.72. The van der Waals surface area contributed by atoms with E-state index in [9.17, 15) is 4.79 Å². The van der Waals surface area contributed by atoms with Crippen LogP contribution in [0.3, 0.4) is 0 Å². The third kappa shape index (κ3) is 4.49. The van der Waals surface area contributed by atoms with Crippen molar-refractivity contribution >= 4 is 23.3 Å². The topological polar surface area (TPSA) is 68.6 Å². The van der Waals surface area contributed by atoms with Crippen LogP contribution < -0.4 is 5.32 Å². The van der Waals surface area contributed by atoms with Gasteiger partial charge in [0.25, 0.3) is 0 Å². The molecule has 2 aromatic rings. The molecule has 8 heteroatoms. The van der Waals surface area contributed by atoms with E-state index in [1.807, 2.05) is 24.4 Å². The highest BCUT2D eigenvalue weighted by molar-refractivity contribution is 7.80. The van der Waals surface area contributed by atoms with E-state index in [-0.39, 0.29) is 24.2 Å². The van der Waals surface area contributed by atoms with Gasteiger partial charge in [-0.15, -0.1) is 0 Å². The summed E-state index contributed by atoms with van der Waals surface area (Å²) in [6.07, 6.45) is 7.42. The number of methoxy groups -OCH3 is 1. The smallest absolute Gasteiger partial charge is 0.305 e. The third-order valence-electron chi connectivity index (χ3n) is 5.80. The number of aromatic nitrogens is 2. The molecule has 4 heterocycles. The summed E-state index contributed by atoms with van der Waals surface area (Å²) in [5.41, 5.74) is 2.12. The lowest BCUT2D eigenvalue weighted by Crippen LogP contribution is -2.32. The summed E-state index contributed by atoms with van der Waals surface area (Å²) in [5.74, 6) is -0.201. The van der Waals surface area contributed by atoms with Crippen molar-refractivity contribution in [3.63, 3.8) is 0 Å². The summed E-state index contributed by atoms with van der Waals surface area (Å²) in [6, 6.07) is 10.1. The highest BCUT2D eigenvalue weighted by atomic mass is 32.1. The van der Waals surface area contributed by atoms with Crippen LogP contribution in [0.25, 0.3) is 0 Å². The fourth-order valence-electron chi connectivity index (χ4n) is 4.33. The molecule has 2 aromatic heterocycles. The number of ether oxygens (including phenoxy) is 2. The second kappa shape index (κ2) is 9.57. The molecule has 0 aromatic carbocycles. The zero-order valence-electron chi connectivity index (χ0n) is 17.2. The molecule has 30 heavy (non-hydrogen) atoms. The van der Waals surface area contributed by atoms with Crippen LogP contribution in [-0.2, 0) is 20.8 Å². The monoisotopic (exact) mass is 428 g/mol. The van der Waals surface area contributed by atoms with Gasteiger partial charge in [-0.3, -0.25) is 9.78 Å². The second-order valence-corrected chi connectivity index (χ2v) is 8.11. The molecule has 0 saturated carbocycles. The van der Waals surface area contributed by atoms with Crippen molar-refractivity contribution in [3.05, 3.63) is 54.1 Å². The lowest BCUT2D eigenvalue weighted by Gasteiger charge is -2.29. The summed E-state index contributed by atoms with van der Waals surface area (Å²) in [4.78, 5) is 18.4. The van der Waals surface area contributed by atoms with Gasteiger partial charge in [0.15, 0.2) is 5.11 Å². The Balaban J connectivity index is 1.61. The van der Waals surface area contributed by atoms with Crippen molar-refractivity contribution in [1.29, 1.82) is 0 Å². The lowest BCUT2D eigenvalue weighted by molar-refractivity contribution is -0.140. The number of rotatable bonds is 8.